The van der Waals surface area contributed by atoms with Gasteiger partial charge in [-0.05, 0) is 49.9 Å². The van der Waals surface area contributed by atoms with Crippen LogP contribution in [0.1, 0.15) is 43.6 Å². The summed E-state index contributed by atoms with van der Waals surface area (Å²) >= 11 is 6.62. The number of piperidine rings is 1. The van der Waals surface area contributed by atoms with Gasteiger partial charge in [-0.25, -0.2) is 0 Å². The summed E-state index contributed by atoms with van der Waals surface area (Å²) in [5.41, 5.74) is 1.02. The summed E-state index contributed by atoms with van der Waals surface area (Å²) in [6.45, 7) is 2.41. The van der Waals surface area contributed by atoms with E-state index in [0.717, 1.165) is 24.8 Å². The second-order valence-corrected chi connectivity index (χ2v) is 8.75. The molecule has 0 bridgehead atoms. The Bertz CT molecular complexity index is 943. The lowest BCUT2D eigenvalue weighted by Crippen LogP contribution is -2.51. The minimum Gasteiger partial charge on any atom is -0.465 e. The van der Waals surface area contributed by atoms with Gasteiger partial charge in [0.15, 0.2) is 0 Å². The number of amides is 2. The molecule has 2 aliphatic rings. The van der Waals surface area contributed by atoms with Gasteiger partial charge in [-0.15, -0.1) is 0 Å². The van der Waals surface area contributed by atoms with Crippen molar-refractivity contribution >= 4 is 46.2 Å². The Balaban J connectivity index is 1.55. The first-order chi connectivity index (χ1) is 14.1. The Morgan fingerprint density at radius 2 is 2.24 bits per heavy atom. The van der Waals surface area contributed by atoms with Gasteiger partial charge < -0.3 is 9.32 Å². The van der Waals surface area contributed by atoms with E-state index in [9.17, 15) is 9.59 Å². The number of hydrogen-bond donors (Lipinski definition) is 0. The fraction of sp³-hybridized carbons (Fsp3) is 0.333. The summed E-state index contributed by atoms with van der Waals surface area (Å²) in [5.74, 6) is 0.235. The molecule has 1 unspecified atom stereocenters. The Labute approximate surface area is 179 Å². The third-order valence-electron chi connectivity index (χ3n) is 5.24. The maximum Gasteiger partial charge on any atom is 0.267 e. The van der Waals surface area contributed by atoms with Crippen molar-refractivity contribution in [1.82, 2.24) is 14.8 Å². The molecule has 0 radical (unpaired) electrons. The van der Waals surface area contributed by atoms with E-state index in [1.807, 2.05) is 23.2 Å². The highest BCUT2D eigenvalue weighted by Gasteiger charge is 2.41. The topological polar surface area (TPSA) is 66.7 Å². The molecule has 0 aromatic carbocycles. The van der Waals surface area contributed by atoms with E-state index in [1.54, 1.807) is 37.6 Å². The average Bonchev–Trinajstić information content (AvgIpc) is 3.35. The predicted octanol–water partition coefficient (Wildman–Crippen LogP) is 4.02. The molecular formula is C21H21N3O3S2. The summed E-state index contributed by atoms with van der Waals surface area (Å²) in [6.07, 6.45) is 9.65. The van der Waals surface area contributed by atoms with Crippen molar-refractivity contribution in [2.75, 3.05) is 6.54 Å². The molecule has 2 aromatic rings. The van der Waals surface area contributed by atoms with Crippen LogP contribution >= 0.6 is 24.0 Å². The van der Waals surface area contributed by atoms with Crippen molar-refractivity contribution in [3.8, 4) is 0 Å². The summed E-state index contributed by atoms with van der Waals surface area (Å²) in [4.78, 5) is 34.3. The molecule has 2 fully saturated rings. The summed E-state index contributed by atoms with van der Waals surface area (Å²) in [6, 6.07) is 6.73. The van der Waals surface area contributed by atoms with Crippen LogP contribution in [0.2, 0.25) is 0 Å². The molecule has 2 saturated heterocycles. The van der Waals surface area contributed by atoms with Gasteiger partial charge in [0.2, 0.25) is 5.91 Å². The number of carbonyl (C=O) groups excluding carboxylic acids is 2. The summed E-state index contributed by atoms with van der Waals surface area (Å²) < 4.78 is 5.69. The first-order valence-corrected chi connectivity index (χ1v) is 10.8. The van der Waals surface area contributed by atoms with E-state index in [4.69, 9.17) is 16.6 Å². The maximum atomic E-state index is 13.4. The first-order valence-electron chi connectivity index (χ1n) is 9.57. The number of furan rings is 1. The number of thiocarbonyl (C=S) groups is 1. The van der Waals surface area contributed by atoms with Crippen molar-refractivity contribution in [2.45, 2.75) is 38.3 Å². The smallest absolute Gasteiger partial charge is 0.267 e. The van der Waals surface area contributed by atoms with Crippen LogP contribution in [0.5, 0.6) is 0 Å². The number of pyridine rings is 1. The minimum atomic E-state index is -0.665. The van der Waals surface area contributed by atoms with Gasteiger partial charge in [0.1, 0.15) is 16.1 Å². The van der Waals surface area contributed by atoms with Gasteiger partial charge in [-0.2, -0.15) is 0 Å². The molecule has 150 valence electrons. The van der Waals surface area contributed by atoms with E-state index in [-0.39, 0.29) is 17.9 Å². The van der Waals surface area contributed by atoms with Crippen LogP contribution in [0, 0.1) is 0 Å². The number of carbonyl (C=O) groups is 2. The number of rotatable bonds is 4. The third kappa shape index (κ3) is 4.00. The fourth-order valence-corrected chi connectivity index (χ4v) is 5.18. The van der Waals surface area contributed by atoms with Gasteiger partial charge in [-0.3, -0.25) is 19.5 Å². The summed E-state index contributed by atoms with van der Waals surface area (Å²) in [7, 11) is 0. The highest BCUT2D eigenvalue weighted by molar-refractivity contribution is 8.26. The predicted molar refractivity (Wildman–Crippen MR) is 116 cm³/mol. The van der Waals surface area contributed by atoms with Gasteiger partial charge in [0.05, 0.1) is 17.2 Å². The van der Waals surface area contributed by atoms with Crippen LogP contribution in [0.4, 0.5) is 0 Å². The van der Waals surface area contributed by atoms with Crippen molar-refractivity contribution in [2.24, 2.45) is 0 Å². The molecule has 0 spiro atoms. The standard InChI is InChI=1S/C21H21N3O3S2/c1-14(24-20(26)18(29-21(24)28)12-16-7-5-11-27-16)19(25)23-10-3-2-8-17(23)15-6-4-9-22-13-15/h4-7,9,11-14,17H,2-3,8,10H2,1H3/b18-12-/t14?,17-/m1/s1. The van der Waals surface area contributed by atoms with Gasteiger partial charge in [0, 0.05) is 25.0 Å². The Hall–Kier alpha value is -2.45. The number of aromatic nitrogens is 1. The molecule has 0 aliphatic carbocycles. The van der Waals surface area contributed by atoms with Crippen LogP contribution in [-0.4, -0.2) is 43.5 Å². The second kappa shape index (κ2) is 8.51. The normalized spacial score (nSPS) is 22.4. The molecule has 4 heterocycles. The molecular weight excluding hydrogens is 406 g/mol. The Morgan fingerprint density at radius 3 is 2.97 bits per heavy atom. The number of hydrogen-bond acceptors (Lipinski definition) is 6. The van der Waals surface area contributed by atoms with Crippen LogP contribution in [0.25, 0.3) is 6.08 Å². The highest BCUT2D eigenvalue weighted by Crippen LogP contribution is 2.36. The molecule has 0 N–H and O–H groups in total. The quantitative estimate of drug-likeness (QED) is 0.542. The SMILES string of the molecule is CC(C(=O)N1CCCC[C@@H]1c1cccnc1)N1C(=O)/C(=C/c2ccco2)SC1=S. The monoisotopic (exact) mass is 427 g/mol. The van der Waals surface area contributed by atoms with Gasteiger partial charge in [-0.1, -0.05) is 30.0 Å². The molecule has 6 nitrogen and oxygen atoms in total. The molecule has 8 heteroatoms. The average molecular weight is 428 g/mol. The zero-order valence-corrected chi connectivity index (χ0v) is 17.6. The number of nitrogens with zero attached hydrogens (tertiary/aromatic N) is 3. The number of likely N-dealkylation sites (tertiary alicyclic amines) is 1. The van der Waals surface area contributed by atoms with Crippen LogP contribution < -0.4 is 0 Å². The lowest BCUT2D eigenvalue weighted by molar-refractivity contribution is -0.142. The summed E-state index contributed by atoms with van der Waals surface area (Å²) in [5, 5.41) is 0. The second-order valence-electron chi connectivity index (χ2n) is 7.07. The van der Waals surface area contributed by atoms with Gasteiger partial charge >= 0.3 is 0 Å². The number of thioether (sulfide) groups is 1. The van der Waals surface area contributed by atoms with Crippen molar-refractivity contribution in [1.29, 1.82) is 0 Å². The molecule has 0 saturated carbocycles. The molecule has 29 heavy (non-hydrogen) atoms. The fourth-order valence-electron chi connectivity index (χ4n) is 3.78. The highest BCUT2D eigenvalue weighted by atomic mass is 32.2. The third-order valence-corrected chi connectivity index (χ3v) is 6.57. The Kier molecular flexibility index (Phi) is 5.82. The lowest BCUT2D eigenvalue weighted by Gasteiger charge is -2.38. The van der Waals surface area contributed by atoms with Crippen molar-refractivity contribution in [3.63, 3.8) is 0 Å². The van der Waals surface area contributed by atoms with E-state index in [0.29, 0.717) is 21.5 Å². The van der Waals surface area contributed by atoms with E-state index < -0.39 is 6.04 Å². The molecule has 2 atom stereocenters. The van der Waals surface area contributed by atoms with Crippen LogP contribution in [0.15, 0.2) is 52.2 Å². The molecule has 2 aliphatic heterocycles. The molecule has 4 rings (SSSR count). The zero-order valence-electron chi connectivity index (χ0n) is 16.0. The Morgan fingerprint density at radius 1 is 1.38 bits per heavy atom. The van der Waals surface area contributed by atoms with E-state index in [2.05, 4.69) is 4.98 Å². The largest absolute Gasteiger partial charge is 0.465 e. The van der Waals surface area contributed by atoms with Crippen LogP contribution in [0.3, 0.4) is 0 Å². The van der Waals surface area contributed by atoms with Crippen LogP contribution in [-0.2, 0) is 9.59 Å². The van der Waals surface area contributed by atoms with E-state index >= 15 is 0 Å². The van der Waals surface area contributed by atoms with E-state index in [1.165, 1.54) is 16.7 Å². The van der Waals surface area contributed by atoms with Crippen molar-refractivity contribution in [3.05, 3.63) is 59.2 Å². The molecule has 2 amide bonds. The maximum absolute atomic E-state index is 13.4. The lowest BCUT2D eigenvalue weighted by atomic mass is 9.95. The first kappa shape index (κ1) is 19.8. The zero-order chi connectivity index (χ0) is 20.4. The van der Waals surface area contributed by atoms with Gasteiger partial charge in [0.25, 0.3) is 5.91 Å². The minimum absolute atomic E-state index is 0.0236. The molecule has 2 aromatic heterocycles. The van der Waals surface area contributed by atoms with Crippen molar-refractivity contribution < 1.29 is 14.0 Å².